The van der Waals surface area contributed by atoms with Crippen LogP contribution in [0.3, 0.4) is 0 Å². The maximum Gasteiger partial charge on any atom is 0.152 e. The molecule has 0 bridgehead atoms. The molecule has 14 heavy (non-hydrogen) atoms. The van der Waals surface area contributed by atoms with Crippen molar-refractivity contribution in [3.63, 3.8) is 0 Å². The van der Waals surface area contributed by atoms with Gasteiger partial charge in [0.15, 0.2) is 5.78 Å². The van der Waals surface area contributed by atoms with Gasteiger partial charge in [0.25, 0.3) is 0 Å². The lowest BCUT2D eigenvalue weighted by Crippen LogP contribution is -2.45. The number of hydrogen-bond donors (Lipinski definition) is 0. The molecule has 0 spiro atoms. The number of Topliss-reactive ketones (excluding diaryl/α,β-unsaturated/α-hetero) is 1. The molecule has 0 amide bonds. The summed E-state index contributed by atoms with van der Waals surface area (Å²) >= 11 is 0. The molecule has 0 radical (unpaired) electrons. The zero-order valence-electron chi connectivity index (χ0n) is 10.8. The highest BCUT2D eigenvalue weighted by atomic mass is 16.1. The fourth-order valence-electron chi connectivity index (χ4n) is 1.04. The maximum atomic E-state index is 11.9. The third kappa shape index (κ3) is 4.23. The van der Waals surface area contributed by atoms with Crippen LogP contribution in [0.25, 0.3) is 0 Å². The number of carbonyl (C=O) groups excluding carboxylic acids is 1. The first-order chi connectivity index (χ1) is 6.07. The Morgan fingerprint density at radius 2 is 1.50 bits per heavy atom. The van der Waals surface area contributed by atoms with Crippen LogP contribution in [0, 0.1) is 5.41 Å². The molecule has 0 unspecified atom stereocenters. The average Bonchev–Trinajstić information content (AvgIpc) is 1.98. The SMILES string of the molecule is CN(C)C(C)(C)C(=O)CCC(C)(C)C. The summed E-state index contributed by atoms with van der Waals surface area (Å²) in [7, 11) is 3.91. The molecular formula is C12H25NO. The molecule has 0 atom stereocenters. The summed E-state index contributed by atoms with van der Waals surface area (Å²) in [6.45, 7) is 10.5. The fourth-order valence-corrected chi connectivity index (χ4v) is 1.04. The summed E-state index contributed by atoms with van der Waals surface area (Å²) in [6.07, 6.45) is 1.64. The minimum Gasteiger partial charge on any atom is -0.298 e. The third-order valence-electron chi connectivity index (χ3n) is 2.90. The van der Waals surface area contributed by atoms with Crippen LogP contribution in [0.4, 0.5) is 0 Å². The molecule has 0 heterocycles. The van der Waals surface area contributed by atoms with Gasteiger partial charge in [-0.15, -0.1) is 0 Å². The smallest absolute Gasteiger partial charge is 0.152 e. The molecule has 0 N–H and O–H groups in total. The fraction of sp³-hybridized carbons (Fsp3) is 0.917. The predicted molar refractivity (Wildman–Crippen MR) is 61.5 cm³/mol. The minimum atomic E-state index is -0.328. The number of ketones is 1. The third-order valence-corrected chi connectivity index (χ3v) is 2.90. The van der Waals surface area contributed by atoms with Crippen LogP contribution in [0.5, 0.6) is 0 Å². The van der Waals surface area contributed by atoms with Gasteiger partial charge >= 0.3 is 0 Å². The van der Waals surface area contributed by atoms with Gasteiger partial charge in [-0.2, -0.15) is 0 Å². The molecule has 0 rings (SSSR count). The summed E-state index contributed by atoms with van der Waals surface area (Å²) in [5.74, 6) is 0.331. The lowest BCUT2D eigenvalue weighted by atomic mass is 9.85. The van der Waals surface area contributed by atoms with Crippen LogP contribution in [0.1, 0.15) is 47.5 Å². The average molecular weight is 199 g/mol. The van der Waals surface area contributed by atoms with Gasteiger partial charge in [-0.25, -0.2) is 0 Å². The van der Waals surface area contributed by atoms with E-state index in [4.69, 9.17) is 0 Å². The Bertz CT molecular complexity index is 199. The Labute approximate surface area is 88.7 Å². The largest absolute Gasteiger partial charge is 0.298 e. The van der Waals surface area contributed by atoms with Gasteiger partial charge in [0.2, 0.25) is 0 Å². The van der Waals surface area contributed by atoms with E-state index in [1.165, 1.54) is 0 Å². The van der Waals surface area contributed by atoms with Gasteiger partial charge in [0.05, 0.1) is 5.54 Å². The van der Waals surface area contributed by atoms with Crippen molar-refractivity contribution >= 4 is 5.78 Å². The van der Waals surface area contributed by atoms with E-state index in [2.05, 4.69) is 20.8 Å². The van der Waals surface area contributed by atoms with E-state index in [1.54, 1.807) is 0 Å². The molecule has 2 nitrogen and oxygen atoms in total. The summed E-state index contributed by atoms with van der Waals surface area (Å²) in [4.78, 5) is 13.9. The topological polar surface area (TPSA) is 20.3 Å². The molecule has 0 fully saturated rings. The second-order valence-corrected chi connectivity index (χ2v) is 5.94. The van der Waals surface area contributed by atoms with Gasteiger partial charge in [0, 0.05) is 6.42 Å². The Balaban J connectivity index is 4.23. The monoisotopic (exact) mass is 199 g/mol. The van der Waals surface area contributed by atoms with E-state index in [0.29, 0.717) is 12.2 Å². The molecular weight excluding hydrogens is 174 g/mol. The highest BCUT2D eigenvalue weighted by Crippen LogP contribution is 2.23. The molecule has 0 aromatic rings. The van der Waals surface area contributed by atoms with E-state index in [1.807, 2.05) is 32.8 Å². The number of nitrogens with zero attached hydrogens (tertiary/aromatic N) is 1. The molecule has 0 aliphatic heterocycles. The Morgan fingerprint density at radius 3 is 1.79 bits per heavy atom. The Hall–Kier alpha value is -0.370. The number of likely N-dealkylation sites (N-methyl/N-ethyl adjacent to an activating group) is 1. The first-order valence-corrected chi connectivity index (χ1v) is 5.28. The molecule has 0 aliphatic rings. The lowest BCUT2D eigenvalue weighted by molar-refractivity contribution is -0.128. The molecule has 2 heteroatoms. The summed E-state index contributed by atoms with van der Waals surface area (Å²) in [5.41, 5.74) is -0.0801. The van der Waals surface area contributed by atoms with E-state index >= 15 is 0 Å². The van der Waals surface area contributed by atoms with Gasteiger partial charge in [-0.1, -0.05) is 20.8 Å². The van der Waals surface area contributed by atoms with Crippen molar-refractivity contribution in [3.05, 3.63) is 0 Å². The van der Waals surface area contributed by atoms with E-state index in [9.17, 15) is 4.79 Å². The molecule has 0 aromatic carbocycles. The van der Waals surface area contributed by atoms with Crippen molar-refractivity contribution in [2.75, 3.05) is 14.1 Å². The summed E-state index contributed by atoms with van der Waals surface area (Å²) < 4.78 is 0. The minimum absolute atomic E-state index is 0.248. The van der Waals surface area contributed by atoms with Crippen LogP contribution < -0.4 is 0 Å². The van der Waals surface area contributed by atoms with Crippen LogP contribution in [0.2, 0.25) is 0 Å². The van der Waals surface area contributed by atoms with Crippen LogP contribution in [0.15, 0.2) is 0 Å². The maximum absolute atomic E-state index is 11.9. The molecule has 0 saturated carbocycles. The summed E-state index contributed by atoms with van der Waals surface area (Å²) in [5, 5.41) is 0. The van der Waals surface area contributed by atoms with Gasteiger partial charge in [-0.3, -0.25) is 9.69 Å². The van der Waals surface area contributed by atoms with E-state index in [-0.39, 0.29) is 11.0 Å². The first kappa shape index (κ1) is 13.6. The number of carbonyl (C=O) groups is 1. The first-order valence-electron chi connectivity index (χ1n) is 5.28. The van der Waals surface area contributed by atoms with Gasteiger partial charge < -0.3 is 0 Å². The van der Waals surface area contributed by atoms with E-state index in [0.717, 1.165) is 6.42 Å². The molecule has 0 aromatic heterocycles. The zero-order chi connectivity index (χ0) is 11.6. The van der Waals surface area contributed by atoms with Crippen molar-refractivity contribution in [3.8, 4) is 0 Å². The Morgan fingerprint density at radius 1 is 1.07 bits per heavy atom. The summed E-state index contributed by atoms with van der Waals surface area (Å²) in [6, 6.07) is 0. The van der Waals surface area contributed by atoms with Gasteiger partial charge in [0.1, 0.15) is 0 Å². The predicted octanol–water partition coefficient (Wildman–Crippen LogP) is 2.72. The van der Waals surface area contributed by atoms with Crippen molar-refractivity contribution in [2.45, 2.75) is 53.0 Å². The quantitative estimate of drug-likeness (QED) is 0.694. The van der Waals surface area contributed by atoms with Crippen molar-refractivity contribution in [1.29, 1.82) is 0 Å². The molecule has 0 aliphatic carbocycles. The molecule has 84 valence electrons. The highest BCUT2D eigenvalue weighted by Gasteiger charge is 2.29. The second kappa shape index (κ2) is 4.43. The van der Waals surface area contributed by atoms with E-state index < -0.39 is 0 Å². The second-order valence-electron chi connectivity index (χ2n) is 5.94. The number of rotatable bonds is 4. The highest BCUT2D eigenvalue weighted by molar-refractivity contribution is 5.87. The van der Waals surface area contributed by atoms with Crippen LogP contribution >= 0.6 is 0 Å². The van der Waals surface area contributed by atoms with Gasteiger partial charge in [-0.05, 0) is 39.8 Å². The number of hydrogen-bond acceptors (Lipinski definition) is 2. The van der Waals surface area contributed by atoms with Crippen molar-refractivity contribution in [1.82, 2.24) is 4.90 Å². The van der Waals surface area contributed by atoms with Crippen molar-refractivity contribution in [2.24, 2.45) is 5.41 Å². The molecule has 0 saturated heterocycles. The lowest BCUT2D eigenvalue weighted by Gasteiger charge is -2.32. The van der Waals surface area contributed by atoms with Crippen molar-refractivity contribution < 1.29 is 4.79 Å². The zero-order valence-corrected chi connectivity index (χ0v) is 10.8. The normalized spacial score (nSPS) is 13.4. The van der Waals surface area contributed by atoms with Crippen LogP contribution in [-0.4, -0.2) is 30.3 Å². The standard InChI is InChI=1S/C12H25NO/c1-11(2,3)9-8-10(14)12(4,5)13(6)7/h8-9H2,1-7H3. The van der Waals surface area contributed by atoms with Crippen LogP contribution in [-0.2, 0) is 4.79 Å². The Kier molecular flexibility index (Phi) is 4.32.